The van der Waals surface area contributed by atoms with E-state index >= 15 is 0 Å². The minimum absolute atomic E-state index is 0.00947. The molecule has 1 saturated carbocycles. The number of alkyl carbamates (subject to hydrolysis) is 1. The van der Waals surface area contributed by atoms with Crippen LogP contribution in [-0.2, 0) is 9.47 Å². The van der Waals surface area contributed by atoms with Crippen LogP contribution in [0.4, 0.5) is 4.79 Å². The summed E-state index contributed by atoms with van der Waals surface area (Å²) in [4.78, 5) is 13.0. The summed E-state index contributed by atoms with van der Waals surface area (Å²) in [5.41, 5.74) is -1.26. The van der Waals surface area contributed by atoms with E-state index < -0.39 is 59.8 Å². The molecule has 0 radical (unpaired) electrons. The Kier molecular flexibility index (Phi) is 13.2. The fourth-order valence-electron chi connectivity index (χ4n) is 5.90. The van der Waals surface area contributed by atoms with Gasteiger partial charge in [-0.3, -0.25) is 0 Å². The molecule has 1 amide bonds. The molecule has 0 heterocycles. The van der Waals surface area contributed by atoms with Crippen LogP contribution in [0.3, 0.4) is 0 Å². The first-order chi connectivity index (χ1) is 17.6. The number of nitrogens with one attached hydrogen (secondary N) is 1. The van der Waals surface area contributed by atoms with Gasteiger partial charge in [-0.15, -0.1) is 0 Å². The average molecular weight is 562 g/mol. The molecule has 1 fully saturated rings. The average Bonchev–Trinajstić information content (AvgIpc) is 2.78. The van der Waals surface area contributed by atoms with Gasteiger partial charge in [-0.05, 0) is 62.2 Å². The molecule has 0 aromatic rings. The van der Waals surface area contributed by atoms with E-state index in [2.05, 4.69) is 46.9 Å². The molecule has 1 rings (SSSR count). The third-order valence-electron chi connectivity index (χ3n) is 8.37. The van der Waals surface area contributed by atoms with E-state index in [0.29, 0.717) is 19.3 Å². The Morgan fingerprint density at radius 1 is 0.897 bits per heavy atom. The maximum atomic E-state index is 13.0. The summed E-state index contributed by atoms with van der Waals surface area (Å²) in [5, 5.41) is 55.4. The summed E-state index contributed by atoms with van der Waals surface area (Å²) < 4.78 is 11.6. The molecule has 0 aromatic heterocycles. The van der Waals surface area contributed by atoms with Crippen molar-refractivity contribution in [1.82, 2.24) is 5.32 Å². The number of aliphatic hydroxyl groups is 5. The number of carbonyl (C=O) groups is 1. The van der Waals surface area contributed by atoms with Crippen LogP contribution < -0.4 is 5.32 Å². The van der Waals surface area contributed by atoms with Crippen molar-refractivity contribution >= 4 is 6.09 Å². The van der Waals surface area contributed by atoms with E-state index in [-0.39, 0.29) is 30.3 Å². The monoisotopic (exact) mass is 561 g/mol. The van der Waals surface area contributed by atoms with Crippen LogP contribution in [-0.4, -0.2) is 86.5 Å². The topological polar surface area (TPSA) is 149 Å². The molecule has 1 aliphatic carbocycles. The summed E-state index contributed by atoms with van der Waals surface area (Å²) in [6.45, 7) is 20.2. The normalized spacial score (nSPS) is 26.8. The van der Waals surface area contributed by atoms with Gasteiger partial charge in [-0.2, -0.15) is 0 Å². The van der Waals surface area contributed by atoms with Gasteiger partial charge in [0.1, 0.15) is 17.8 Å². The van der Waals surface area contributed by atoms with E-state index in [1.807, 2.05) is 27.7 Å². The molecule has 9 heteroatoms. The maximum Gasteiger partial charge on any atom is 0.408 e. The van der Waals surface area contributed by atoms with Gasteiger partial charge in [-0.25, -0.2) is 4.79 Å². The van der Waals surface area contributed by atoms with E-state index in [1.165, 1.54) is 0 Å². The van der Waals surface area contributed by atoms with Crippen molar-refractivity contribution in [2.45, 2.75) is 162 Å². The minimum atomic E-state index is -1.34. The number of hydrogen-bond acceptors (Lipinski definition) is 8. The summed E-state index contributed by atoms with van der Waals surface area (Å²) in [6.07, 6.45) is -3.54. The fraction of sp³-hybridized carbons (Fsp3) is 0.967. The number of hydrogen-bond donors (Lipinski definition) is 6. The third kappa shape index (κ3) is 11.8. The number of aliphatic hydroxyl groups excluding tert-OH is 5. The van der Waals surface area contributed by atoms with Crippen LogP contribution in [0.2, 0.25) is 0 Å². The van der Waals surface area contributed by atoms with Crippen molar-refractivity contribution in [3.05, 3.63) is 0 Å². The Morgan fingerprint density at radius 3 is 2.00 bits per heavy atom. The van der Waals surface area contributed by atoms with Gasteiger partial charge in [0.25, 0.3) is 0 Å². The van der Waals surface area contributed by atoms with Crippen LogP contribution in [0, 0.1) is 16.2 Å². The zero-order valence-corrected chi connectivity index (χ0v) is 26.2. The molecule has 0 aliphatic heterocycles. The highest BCUT2D eigenvalue weighted by Gasteiger charge is 2.40. The molecule has 39 heavy (non-hydrogen) atoms. The first kappa shape index (κ1) is 36.1. The van der Waals surface area contributed by atoms with Crippen LogP contribution >= 0.6 is 0 Å². The first-order valence-corrected chi connectivity index (χ1v) is 14.7. The summed E-state index contributed by atoms with van der Waals surface area (Å²) in [6, 6.07) is -0.936. The van der Waals surface area contributed by atoms with Crippen molar-refractivity contribution in [2.75, 3.05) is 6.61 Å². The summed E-state index contributed by atoms with van der Waals surface area (Å²) in [5.74, 6) is 0. The molecule has 8 unspecified atom stereocenters. The molecular formula is C30H59NO8. The predicted molar refractivity (Wildman–Crippen MR) is 152 cm³/mol. The first-order valence-electron chi connectivity index (χ1n) is 14.7. The van der Waals surface area contributed by atoms with Crippen molar-refractivity contribution in [3.63, 3.8) is 0 Å². The molecule has 1 aliphatic rings. The molecular weight excluding hydrogens is 502 g/mol. The quantitative estimate of drug-likeness (QED) is 0.187. The smallest absolute Gasteiger partial charge is 0.408 e. The Bertz CT molecular complexity index is 752. The zero-order chi connectivity index (χ0) is 30.4. The number of ether oxygens (including phenoxy) is 2. The van der Waals surface area contributed by atoms with Gasteiger partial charge in [0.15, 0.2) is 0 Å². The van der Waals surface area contributed by atoms with E-state index in [0.717, 1.165) is 12.8 Å². The predicted octanol–water partition coefficient (Wildman–Crippen LogP) is 3.91. The zero-order valence-electron chi connectivity index (χ0n) is 26.2. The lowest BCUT2D eigenvalue weighted by Gasteiger charge is -2.41. The van der Waals surface area contributed by atoms with Crippen LogP contribution in [0.1, 0.15) is 114 Å². The van der Waals surface area contributed by atoms with Gasteiger partial charge in [0.2, 0.25) is 0 Å². The molecule has 6 N–H and O–H groups in total. The Morgan fingerprint density at radius 2 is 1.49 bits per heavy atom. The second-order valence-corrected chi connectivity index (χ2v) is 14.7. The number of carbonyl (C=O) groups excluding carboxylic acids is 1. The van der Waals surface area contributed by atoms with Crippen molar-refractivity contribution < 1.29 is 39.8 Å². The van der Waals surface area contributed by atoms with Crippen LogP contribution in [0.15, 0.2) is 0 Å². The van der Waals surface area contributed by atoms with Crippen LogP contribution in [0.5, 0.6) is 0 Å². The highest BCUT2D eigenvalue weighted by atomic mass is 16.6. The van der Waals surface area contributed by atoms with Gasteiger partial charge < -0.3 is 40.3 Å². The minimum Gasteiger partial charge on any atom is -0.444 e. The molecule has 9 nitrogen and oxygen atoms in total. The van der Waals surface area contributed by atoms with Crippen molar-refractivity contribution in [1.29, 1.82) is 0 Å². The van der Waals surface area contributed by atoms with E-state index in [1.54, 1.807) is 0 Å². The SMILES string of the molecule is CCC(C)(C)CC(C)(C)OC(=O)NC(COC1CCC(O)C(O)C1O)C(O)CC(O)C(C)(CC)CC(C)(C)C. The van der Waals surface area contributed by atoms with Gasteiger partial charge >= 0.3 is 6.09 Å². The highest BCUT2D eigenvalue weighted by molar-refractivity contribution is 5.68. The summed E-state index contributed by atoms with van der Waals surface area (Å²) in [7, 11) is 0. The van der Waals surface area contributed by atoms with Gasteiger partial charge in [-0.1, -0.05) is 61.8 Å². The molecule has 0 aromatic carbocycles. The maximum absolute atomic E-state index is 13.0. The second kappa shape index (κ2) is 14.3. The lowest BCUT2D eigenvalue weighted by atomic mass is 9.69. The fourth-order valence-corrected chi connectivity index (χ4v) is 5.90. The van der Waals surface area contributed by atoms with Crippen LogP contribution in [0.25, 0.3) is 0 Å². The Labute approximate surface area is 236 Å². The third-order valence-corrected chi connectivity index (χ3v) is 8.37. The second-order valence-electron chi connectivity index (χ2n) is 14.7. The highest BCUT2D eigenvalue weighted by Crippen LogP contribution is 2.40. The molecule has 0 spiro atoms. The molecule has 0 bridgehead atoms. The molecule has 0 saturated heterocycles. The lowest BCUT2D eigenvalue weighted by molar-refractivity contribution is -0.157. The Balaban J connectivity index is 3.04. The molecule has 8 atom stereocenters. The molecule has 232 valence electrons. The number of rotatable bonds is 14. The van der Waals surface area contributed by atoms with Gasteiger partial charge in [0, 0.05) is 6.42 Å². The van der Waals surface area contributed by atoms with E-state index in [4.69, 9.17) is 9.47 Å². The summed E-state index contributed by atoms with van der Waals surface area (Å²) >= 11 is 0. The lowest BCUT2D eigenvalue weighted by Crippen LogP contribution is -2.54. The Hall–Kier alpha value is -0.970. The number of amides is 1. The van der Waals surface area contributed by atoms with Crippen molar-refractivity contribution in [2.24, 2.45) is 16.2 Å². The van der Waals surface area contributed by atoms with E-state index in [9.17, 15) is 30.3 Å². The van der Waals surface area contributed by atoms with Gasteiger partial charge in [0.05, 0.1) is 37.1 Å². The largest absolute Gasteiger partial charge is 0.444 e. The standard InChI is InChI=1S/C30H59NO8/c1-11-28(6,7)18-29(8,9)39-26(37)31-19(16-38-22-14-13-20(32)24(35)25(22)36)21(33)15-23(34)30(10,12-2)17-27(3,4)5/h19-25,32-36H,11-18H2,1-10H3,(H,31,37). The van der Waals surface area contributed by atoms with Crippen molar-refractivity contribution in [3.8, 4) is 0 Å².